The van der Waals surface area contributed by atoms with Gasteiger partial charge in [-0.15, -0.1) is 0 Å². The van der Waals surface area contributed by atoms with Crippen molar-refractivity contribution in [3.63, 3.8) is 0 Å². The van der Waals surface area contributed by atoms with Gasteiger partial charge in [-0.3, -0.25) is 14.4 Å². The SMILES string of the molecule is O=C(NCC(=O)N1CCC[C@@H](C(=O)O)C1)c1ccco1. The lowest BCUT2D eigenvalue weighted by Crippen LogP contribution is -2.46. The summed E-state index contributed by atoms with van der Waals surface area (Å²) in [7, 11) is 0. The highest BCUT2D eigenvalue weighted by atomic mass is 16.4. The van der Waals surface area contributed by atoms with Crippen LogP contribution < -0.4 is 5.32 Å². The third-order valence-electron chi connectivity index (χ3n) is 3.27. The Kier molecular flexibility index (Phi) is 4.39. The van der Waals surface area contributed by atoms with E-state index < -0.39 is 17.8 Å². The van der Waals surface area contributed by atoms with Crippen LogP contribution in [0.3, 0.4) is 0 Å². The summed E-state index contributed by atoms with van der Waals surface area (Å²) in [6, 6.07) is 3.08. The lowest BCUT2D eigenvalue weighted by Gasteiger charge is -2.30. The van der Waals surface area contributed by atoms with Crippen LogP contribution in [0, 0.1) is 5.92 Å². The molecule has 7 heteroatoms. The predicted molar refractivity (Wildman–Crippen MR) is 68.0 cm³/mol. The highest BCUT2D eigenvalue weighted by molar-refractivity contribution is 5.94. The van der Waals surface area contributed by atoms with Crippen LogP contribution in [0.25, 0.3) is 0 Å². The summed E-state index contributed by atoms with van der Waals surface area (Å²) < 4.78 is 4.91. The van der Waals surface area contributed by atoms with Gasteiger partial charge in [-0.1, -0.05) is 0 Å². The number of hydrogen-bond acceptors (Lipinski definition) is 4. The van der Waals surface area contributed by atoms with Crippen molar-refractivity contribution in [2.45, 2.75) is 12.8 Å². The molecule has 0 unspecified atom stereocenters. The molecule has 0 radical (unpaired) electrons. The zero-order valence-electron chi connectivity index (χ0n) is 10.9. The smallest absolute Gasteiger partial charge is 0.308 e. The molecule has 0 aromatic carbocycles. The highest BCUT2D eigenvalue weighted by Gasteiger charge is 2.28. The molecule has 108 valence electrons. The number of furan rings is 1. The predicted octanol–water partition coefficient (Wildman–Crippen LogP) is 0.333. The normalized spacial score (nSPS) is 18.6. The summed E-state index contributed by atoms with van der Waals surface area (Å²) in [5, 5.41) is 11.4. The molecule has 0 spiro atoms. The van der Waals surface area contributed by atoms with Crippen molar-refractivity contribution in [3.05, 3.63) is 24.2 Å². The minimum absolute atomic E-state index is 0.139. The van der Waals surface area contributed by atoms with Gasteiger partial charge in [0.25, 0.3) is 5.91 Å². The Labute approximate surface area is 115 Å². The molecule has 0 aliphatic carbocycles. The Balaban J connectivity index is 1.82. The van der Waals surface area contributed by atoms with Gasteiger partial charge in [0.15, 0.2) is 5.76 Å². The van der Waals surface area contributed by atoms with E-state index in [4.69, 9.17) is 9.52 Å². The van der Waals surface area contributed by atoms with Gasteiger partial charge in [-0.25, -0.2) is 0 Å². The first-order chi connectivity index (χ1) is 9.58. The summed E-state index contributed by atoms with van der Waals surface area (Å²) in [4.78, 5) is 35.9. The van der Waals surface area contributed by atoms with Crippen molar-refractivity contribution in [2.24, 2.45) is 5.92 Å². The number of carboxylic acids is 1. The summed E-state index contributed by atoms with van der Waals surface area (Å²) in [5.41, 5.74) is 0. The lowest BCUT2D eigenvalue weighted by molar-refractivity contribution is -0.145. The molecule has 1 saturated heterocycles. The molecule has 1 atom stereocenters. The Hall–Kier alpha value is -2.31. The van der Waals surface area contributed by atoms with E-state index in [0.717, 1.165) is 0 Å². The number of carbonyl (C=O) groups excluding carboxylic acids is 2. The quantitative estimate of drug-likeness (QED) is 0.828. The van der Waals surface area contributed by atoms with E-state index in [0.29, 0.717) is 19.4 Å². The van der Waals surface area contributed by atoms with Gasteiger partial charge in [0.2, 0.25) is 5.91 Å². The Morgan fingerprint density at radius 1 is 1.45 bits per heavy atom. The minimum atomic E-state index is -0.887. The molecule has 0 saturated carbocycles. The first-order valence-electron chi connectivity index (χ1n) is 6.40. The van der Waals surface area contributed by atoms with E-state index in [1.54, 1.807) is 6.07 Å². The Bertz CT molecular complexity index is 497. The minimum Gasteiger partial charge on any atom is -0.481 e. The molecule has 2 N–H and O–H groups in total. The average molecular weight is 280 g/mol. The number of hydrogen-bond donors (Lipinski definition) is 2. The molecule has 7 nitrogen and oxygen atoms in total. The summed E-state index contributed by atoms with van der Waals surface area (Å²) >= 11 is 0. The zero-order valence-corrected chi connectivity index (χ0v) is 10.9. The van der Waals surface area contributed by atoms with Crippen molar-refractivity contribution in [1.82, 2.24) is 10.2 Å². The molecule has 0 bridgehead atoms. The molecule has 1 aliphatic heterocycles. The number of carbonyl (C=O) groups is 3. The van der Waals surface area contributed by atoms with Crippen molar-refractivity contribution in [3.8, 4) is 0 Å². The maximum atomic E-state index is 11.9. The topological polar surface area (TPSA) is 99.9 Å². The summed E-state index contributed by atoms with van der Waals surface area (Å²) in [6.45, 7) is 0.565. The van der Waals surface area contributed by atoms with Crippen molar-refractivity contribution < 1.29 is 23.9 Å². The fourth-order valence-electron chi connectivity index (χ4n) is 2.17. The Morgan fingerprint density at radius 3 is 2.90 bits per heavy atom. The van der Waals surface area contributed by atoms with Gasteiger partial charge in [-0.05, 0) is 25.0 Å². The fourth-order valence-corrected chi connectivity index (χ4v) is 2.17. The number of carboxylic acid groups (broad SMARTS) is 1. The number of likely N-dealkylation sites (tertiary alicyclic amines) is 1. The van der Waals surface area contributed by atoms with Crippen LogP contribution in [0.15, 0.2) is 22.8 Å². The van der Waals surface area contributed by atoms with E-state index >= 15 is 0 Å². The largest absolute Gasteiger partial charge is 0.481 e. The van der Waals surface area contributed by atoms with Gasteiger partial charge in [0.1, 0.15) is 0 Å². The first-order valence-corrected chi connectivity index (χ1v) is 6.40. The molecule has 1 aliphatic rings. The van der Waals surface area contributed by atoms with E-state index in [1.807, 2.05) is 0 Å². The van der Waals surface area contributed by atoms with Crippen LogP contribution in [0.5, 0.6) is 0 Å². The fraction of sp³-hybridized carbons (Fsp3) is 0.462. The number of rotatable bonds is 4. The summed E-state index contributed by atoms with van der Waals surface area (Å²) in [5.74, 6) is -2.01. The van der Waals surface area contributed by atoms with E-state index in [1.165, 1.54) is 17.2 Å². The average Bonchev–Trinajstić information content (AvgIpc) is 2.98. The summed E-state index contributed by atoms with van der Waals surface area (Å²) in [6.07, 6.45) is 2.62. The third-order valence-corrected chi connectivity index (χ3v) is 3.27. The first kappa shape index (κ1) is 14.1. The number of nitrogens with zero attached hydrogens (tertiary/aromatic N) is 1. The van der Waals surface area contributed by atoms with Crippen molar-refractivity contribution in [1.29, 1.82) is 0 Å². The van der Waals surface area contributed by atoms with Crippen LogP contribution in [-0.4, -0.2) is 47.4 Å². The molecule has 1 aromatic rings. The van der Waals surface area contributed by atoms with E-state index in [9.17, 15) is 14.4 Å². The van der Waals surface area contributed by atoms with Crippen molar-refractivity contribution in [2.75, 3.05) is 19.6 Å². The molecule has 1 aromatic heterocycles. The second kappa shape index (κ2) is 6.23. The maximum absolute atomic E-state index is 11.9. The number of amides is 2. The molecule has 2 amide bonds. The second-order valence-electron chi connectivity index (χ2n) is 4.68. The van der Waals surface area contributed by atoms with Crippen LogP contribution in [-0.2, 0) is 9.59 Å². The van der Waals surface area contributed by atoms with Gasteiger partial charge in [-0.2, -0.15) is 0 Å². The van der Waals surface area contributed by atoms with E-state index in [-0.39, 0.29) is 24.8 Å². The molecule has 1 fully saturated rings. The van der Waals surface area contributed by atoms with Crippen molar-refractivity contribution >= 4 is 17.8 Å². The van der Waals surface area contributed by atoms with Crippen LogP contribution in [0.1, 0.15) is 23.4 Å². The van der Waals surface area contributed by atoms with Gasteiger partial charge in [0, 0.05) is 13.1 Å². The third kappa shape index (κ3) is 3.37. The molecule has 20 heavy (non-hydrogen) atoms. The molecular weight excluding hydrogens is 264 g/mol. The molecule has 2 rings (SSSR count). The van der Waals surface area contributed by atoms with Crippen LogP contribution in [0.4, 0.5) is 0 Å². The zero-order chi connectivity index (χ0) is 14.5. The standard InChI is InChI=1S/C13H16N2O5/c16-11(7-14-12(17)10-4-2-6-20-10)15-5-1-3-9(8-15)13(18)19/h2,4,6,9H,1,3,5,7-8H2,(H,14,17)(H,18,19)/t9-/m1/s1. The van der Waals surface area contributed by atoms with Gasteiger partial charge >= 0.3 is 5.97 Å². The molecular formula is C13H16N2O5. The van der Waals surface area contributed by atoms with Gasteiger partial charge < -0.3 is 19.7 Å². The molecule has 2 heterocycles. The lowest BCUT2D eigenvalue weighted by atomic mass is 9.98. The monoisotopic (exact) mass is 280 g/mol. The second-order valence-corrected chi connectivity index (χ2v) is 4.68. The Morgan fingerprint density at radius 2 is 2.25 bits per heavy atom. The van der Waals surface area contributed by atoms with E-state index in [2.05, 4.69) is 5.32 Å². The van der Waals surface area contributed by atoms with Crippen LogP contribution in [0.2, 0.25) is 0 Å². The number of nitrogens with one attached hydrogen (secondary N) is 1. The number of aliphatic carboxylic acids is 1. The van der Waals surface area contributed by atoms with Gasteiger partial charge in [0.05, 0.1) is 18.7 Å². The number of piperidine rings is 1. The maximum Gasteiger partial charge on any atom is 0.308 e. The highest BCUT2D eigenvalue weighted by Crippen LogP contribution is 2.16. The van der Waals surface area contributed by atoms with Crippen LogP contribution >= 0.6 is 0 Å².